The molecular weight excluding hydrogens is 194 g/mol. The van der Waals surface area contributed by atoms with Crippen molar-refractivity contribution in [3.63, 3.8) is 0 Å². The maximum Gasteiger partial charge on any atom is 0.00155 e. The van der Waals surface area contributed by atoms with Crippen LogP contribution in [0.3, 0.4) is 0 Å². The summed E-state index contributed by atoms with van der Waals surface area (Å²) in [4.78, 5) is 2.48. The summed E-state index contributed by atoms with van der Waals surface area (Å²) < 4.78 is 0. The maximum absolute atomic E-state index is 2.48. The molecule has 0 amide bonds. The molecule has 0 aromatic heterocycles. The van der Waals surface area contributed by atoms with Gasteiger partial charge in [-0.3, -0.25) is 0 Å². The Morgan fingerprint density at radius 2 is 2.06 bits per heavy atom. The lowest BCUT2D eigenvalue weighted by Gasteiger charge is -2.23. The first kappa shape index (κ1) is 11.7. The first-order valence-electron chi connectivity index (χ1n) is 6.48. The van der Waals surface area contributed by atoms with E-state index in [-0.39, 0.29) is 0 Å². The number of rotatable bonds is 4. The van der Waals surface area contributed by atoms with Crippen LogP contribution in [0.2, 0.25) is 0 Å². The van der Waals surface area contributed by atoms with E-state index >= 15 is 0 Å². The fraction of sp³-hybridized carbons (Fsp3) is 0.600. The third-order valence-corrected chi connectivity index (χ3v) is 3.89. The molecule has 0 aliphatic heterocycles. The van der Waals surface area contributed by atoms with E-state index in [1.807, 2.05) is 0 Å². The summed E-state index contributed by atoms with van der Waals surface area (Å²) in [5.41, 5.74) is 3.15. The molecule has 1 aromatic carbocycles. The molecule has 0 fully saturated rings. The molecule has 0 N–H and O–H groups in total. The predicted octanol–water partition coefficient (Wildman–Crippen LogP) is 3.30. The van der Waals surface area contributed by atoms with E-state index in [2.05, 4.69) is 50.1 Å². The monoisotopic (exact) mass is 217 g/mol. The second kappa shape index (κ2) is 5.01. The predicted molar refractivity (Wildman–Crippen MR) is 69.8 cm³/mol. The lowest BCUT2D eigenvalue weighted by Crippen LogP contribution is -2.27. The fourth-order valence-corrected chi connectivity index (χ4v) is 2.97. The zero-order valence-corrected chi connectivity index (χ0v) is 10.7. The molecule has 2 rings (SSSR count). The van der Waals surface area contributed by atoms with Gasteiger partial charge in [0, 0.05) is 6.54 Å². The van der Waals surface area contributed by atoms with Gasteiger partial charge in [0.25, 0.3) is 0 Å². The van der Waals surface area contributed by atoms with Crippen LogP contribution >= 0.6 is 0 Å². The van der Waals surface area contributed by atoms with E-state index in [4.69, 9.17) is 0 Å². The van der Waals surface area contributed by atoms with Crippen molar-refractivity contribution in [2.45, 2.75) is 32.6 Å². The molecule has 0 heterocycles. The Labute approximate surface area is 99.5 Å². The van der Waals surface area contributed by atoms with E-state index < -0.39 is 0 Å². The van der Waals surface area contributed by atoms with Crippen LogP contribution in [0.15, 0.2) is 24.3 Å². The van der Waals surface area contributed by atoms with Crippen LogP contribution in [0.1, 0.15) is 37.3 Å². The molecule has 0 radical (unpaired) electrons. The minimum Gasteiger partial charge on any atom is -0.306 e. The molecule has 0 unspecified atom stereocenters. The molecule has 88 valence electrons. The average Bonchev–Trinajstić information content (AvgIpc) is 2.57. The van der Waals surface area contributed by atoms with Gasteiger partial charge >= 0.3 is 0 Å². The van der Waals surface area contributed by atoms with E-state index in [0.29, 0.717) is 0 Å². The SMILES string of the molecule is CCCN(C)C[C@H]1Cc2ccccc2[C@H]1C. The van der Waals surface area contributed by atoms with Crippen molar-refractivity contribution in [1.29, 1.82) is 0 Å². The van der Waals surface area contributed by atoms with Gasteiger partial charge in [-0.1, -0.05) is 38.1 Å². The summed E-state index contributed by atoms with van der Waals surface area (Å²) in [5, 5.41) is 0. The maximum atomic E-state index is 2.48. The Morgan fingerprint density at radius 3 is 2.75 bits per heavy atom. The summed E-state index contributed by atoms with van der Waals surface area (Å²) in [5.74, 6) is 1.55. The Balaban J connectivity index is 2.01. The van der Waals surface area contributed by atoms with Crippen molar-refractivity contribution < 1.29 is 0 Å². The van der Waals surface area contributed by atoms with E-state index in [1.165, 1.54) is 25.9 Å². The highest BCUT2D eigenvalue weighted by Crippen LogP contribution is 2.37. The van der Waals surface area contributed by atoms with E-state index in [0.717, 1.165) is 11.8 Å². The molecule has 1 nitrogen and oxygen atoms in total. The summed E-state index contributed by atoms with van der Waals surface area (Å²) in [6.07, 6.45) is 2.52. The highest BCUT2D eigenvalue weighted by Gasteiger charge is 2.28. The second-order valence-electron chi connectivity index (χ2n) is 5.21. The van der Waals surface area contributed by atoms with Crippen LogP contribution in [0.25, 0.3) is 0 Å². The van der Waals surface area contributed by atoms with Crippen molar-refractivity contribution in [3.05, 3.63) is 35.4 Å². The third-order valence-electron chi connectivity index (χ3n) is 3.89. The zero-order valence-electron chi connectivity index (χ0n) is 10.7. The smallest absolute Gasteiger partial charge is 0.00155 e. The molecule has 0 spiro atoms. The molecular formula is C15H23N. The van der Waals surface area contributed by atoms with E-state index in [1.54, 1.807) is 11.1 Å². The van der Waals surface area contributed by atoms with Gasteiger partial charge in [-0.05, 0) is 49.4 Å². The Morgan fingerprint density at radius 1 is 1.31 bits per heavy atom. The Hall–Kier alpha value is -0.820. The van der Waals surface area contributed by atoms with Gasteiger partial charge in [-0.2, -0.15) is 0 Å². The van der Waals surface area contributed by atoms with Gasteiger partial charge < -0.3 is 4.90 Å². The van der Waals surface area contributed by atoms with Gasteiger partial charge in [-0.25, -0.2) is 0 Å². The molecule has 1 heteroatoms. The minimum atomic E-state index is 0.732. The number of nitrogens with zero attached hydrogens (tertiary/aromatic N) is 1. The zero-order chi connectivity index (χ0) is 11.5. The number of hydrogen-bond acceptors (Lipinski definition) is 1. The lowest BCUT2D eigenvalue weighted by molar-refractivity contribution is 0.265. The van der Waals surface area contributed by atoms with Gasteiger partial charge in [0.15, 0.2) is 0 Å². The molecule has 0 saturated heterocycles. The first-order chi connectivity index (χ1) is 7.72. The standard InChI is InChI=1S/C15H23N/c1-4-9-16(3)11-14-10-13-7-5-6-8-15(13)12(14)2/h5-8,12,14H,4,9-11H2,1-3H3/t12-,14+/m0/s1. The molecule has 1 aromatic rings. The van der Waals surface area contributed by atoms with Crippen molar-refractivity contribution in [1.82, 2.24) is 4.90 Å². The molecule has 2 atom stereocenters. The van der Waals surface area contributed by atoms with Gasteiger partial charge in [0.05, 0.1) is 0 Å². The molecule has 1 aliphatic carbocycles. The molecule has 0 saturated carbocycles. The van der Waals surface area contributed by atoms with E-state index in [9.17, 15) is 0 Å². The number of fused-ring (bicyclic) bond motifs is 1. The van der Waals surface area contributed by atoms with Crippen molar-refractivity contribution in [3.8, 4) is 0 Å². The lowest BCUT2D eigenvalue weighted by atomic mass is 9.94. The van der Waals surface area contributed by atoms with Crippen LogP contribution in [0.5, 0.6) is 0 Å². The van der Waals surface area contributed by atoms with Crippen molar-refractivity contribution in [2.24, 2.45) is 5.92 Å². The molecule has 0 bridgehead atoms. The quantitative estimate of drug-likeness (QED) is 0.748. The third kappa shape index (κ3) is 2.30. The fourth-order valence-electron chi connectivity index (χ4n) is 2.97. The summed E-state index contributed by atoms with van der Waals surface area (Å²) in [7, 11) is 2.25. The number of hydrogen-bond donors (Lipinski definition) is 0. The molecule has 16 heavy (non-hydrogen) atoms. The second-order valence-corrected chi connectivity index (χ2v) is 5.21. The molecule has 1 aliphatic rings. The van der Waals surface area contributed by atoms with Crippen LogP contribution in [0.4, 0.5) is 0 Å². The highest BCUT2D eigenvalue weighted by atomic mass is 15.1. The number of benzene rings is 1. The summed E-state index contributed by atoms with van der Waals surface area (Å²) in [6.45, 7) is 7.10. The first-order valence-corrected chi connectivity index (χ1v) is 6.48. The summed E-state index contributed by atoms with van der Waals surface area (Å²) in [6, 6.07) is 8.95. The van der Waals surface area contributed by atoms with Gasteiger partial charge in [0.2, 0.25) is 0 Å². The van der Waals surface area contributed by atoms with Crippen LogP contribution in [0, 0.1) is 5.92 Å². The minimum absolute atomic E-state index is 0.732. The Kier molecular flexibility index (Phi) is 3.65. The summed E-state index contributed by atoms with van der Waals surface area (Å²) >= 11 is 0. The Bertz CT molecular complexity index is 345. The largest absolute Gasteiger partial charge is 0.306 e. The highest BCUT2D eigenvalue weighted by molar-refractivity contribution is 5.35. The van der Waals surface area contributed by atoms with Crippen LogP contribution in [-0.2, 0) is 6.42 Å². The average molecular weight is 217 g/mol. The van der Waals surface area contributed by atoms with Gasteiger partial charge in [0.1, 0.15) is 0 Å². The van der Waals surface area contributed by atoms with Crippen molar-refractivity contribution in [2.75, 3.05) is 20.1 Å². The van der Waals surface area contributed by atoms with Crippen LogP contribution < -0.4 is 0 Å². The van der Waals surface area contributed by atoms with Gasteiger partial charge in [-0.15, -0.1) is 0 Å². The normalized spacial score (nSPS) is 23.8. The van der Waals surface area contributed by atoms with Crippen LogP contribution in [-0.4, -0.2) is 25.0 Å². The van der Waals surface area contributed by atoms with Crippen molar-refractivity contribution >= 4 is 0 Å². The topological polar surface area (TPSA) is 3.24 Å².